The van der Waals surface area contributed by atoms with Crippen LogP contribution >= 0.6 is 0 Å². The van der Waals surface area contributed by atoms with Gasteiger partial charge in [-0.15, -0.1) is 0 Å². The topological polar surface area (TPSA) is 3.24 Å². The van der Waals surface area contributed by atoms with Gasteiger partial charge in [0.25, 0.3) is 0 Å². The van der Waals surface area contributed by atoms with Gasteiger partial charge < -0.3 is 4.90 Å². The summed E-state index contributed by atoms with van der Waals surface area (Å²) in [7, 11) is 2.14. The van der Waals surface area contributed by atoms with Gasteiger partial charge in [0, 0.05) is 19.3 Å². The maximum atomic E-state index is 2.30. The summed E-state index contributed by atoms with van der Waals surface area (Å²) >= 11 is 0. The molecule has 0 amide bonds. The fourth-order valence-corrected chi connectivity index (χ4v) is 1.11. The first-order chi connectivity index (χ1) is 5.93. The third kappa shape index (κ3) is 6.44. The van der Waals surface area contributed by atoms with Crippen LogP contribution in [0, 0.1) is 5.92 Å². The largest absolute Gasteiger partial charge is 0.378 e. The highest BCUT2D eigenvalue weighted by Crippen LogP contribution is 2.05. The number of rotatable bonds is 4. The molecule has 0 saturated heterocycles. The molecule has 0 heterocycles. The zero-order chi connectivity index (χ0) is 10.4. The van der Waals surface area contributed by atoms with Gasteiger partial charge in [-0.05, 0) is 32.8 Å². The van der Waals surface area contributed by atoms with Crippen LogP contribution in [0.4, 0.5) is 0 Å². The van der Waals surface area contributed by atoms with E-state index in [0.29, 0.717) is 0 Å². The van der Waals surface area contributed by atoms with Gasteiger partial charge in [-0.1, -0.05) is 25.5 Å². The molecule has 0 aliphatic carbocycles. The number of allylic oxidation sites excluding steroid dienone is 4. The predicted octanol–water partition coefficient (Wildman–Crippen LogP) is 3.44. The highest BCUT2D eigenvalue weighted by molar-refractivity contribution is 5.13. The van der Waals surface area contributed by atoms with Crippen molar-refractivity contribution in [2.75, 3.05) is 13.6 Å². The molecule has 0 aromatic heterocycles. The molecule has 0 spiro atoms. The van der Waals surface area contributed by atoms with Crippen molar-refractivity contribution in [3.05, 3.63) is 23.4 Å². The molecule has 0 aromatic rings. The molecule has 76 valence electrons. The molecule has 0 aliphatic rings. The van der Waals surface area contributed by atoms with Crippen molar-refractivity contribution in [1.29, 1.82) is 0 Å². The van der Waals surface area contributed by atoms with Crippen LogP contribution in [0.2, 0.25) is 0 Å². The average Bonchev–Trinajstić information content (AvgIpc) is 1.98. The van der Waals surface area contributed by atoms with Gasteiger partial charge in [0.05, 0.1) is 0 Å². The van der Waals surface area contributed by atoms with Gasteiger partial charge in [0.2, 0.25) is 0 Å². The Labute approximate surface area is 83.1 Å². The fourth-order valence-electron chi connectivity index (χ4n) is 1.11. The summed E-state index contributed by atoms with van der Waals surface area (Å²) in [5.74, 6) is 0.722. The molecule has 0 aromatic carbocycles. The Bertz CT molecular complexity index is 195. The number of hydrogen-bond acceptors (Lipinski definition) is 1. The first kappa shape index (κ1) is 12.3. The van der Waals surface area contributed by atoms with E-state index in [-0.39, 0.29) is 0 Å². The Morgan fingerprint density at radius 1 is 1.15 bits per heavy atom. The molecule has 0 atom stereocenters. The summed E-state index contributed by atoms with van der Waals surface area (Å²) < 4.78 is 0. The quantitative estimate of drug-likeness (QED) is 0.600. The molecule has 1 heteroatoms. The lowest BCUT2D eigenvalue weighted by molar-refractivity contribution is 0.362. The van der Waals surface area contributed by atoms with Crippen LogP contribution in [0.5, 0.6) is 0 Å². The van der Waals surface area contributed by atoms with E-state index in [1.54, 1.807) is 0 Å². The van der Waals surface area contributed by atoms with Crippen LogP contribution in [0.25, 0.3) is 0 Å². The highest BCUT2D eigenvalue weighted by atomic mass is 15.1. The van der Waals surface area contributed by atoms with Gasteiger partial charge in [-0.2, -0.15) is 0 Å². The second-order valence-corrected chi connectivity index (χ2v) is 4.33. The van der Waals surface area contributed by atoms with Crippen molar-refractivity contribution >= 4 is 0 Å². The minimum atomic E-state index is 0.722. The molecule has 1 nitrogen and oxygen atoms in total. The Kier molecular flexibility index (Phi) is 5.52. The van der Waals surface area contributed by atoms with Crippen LogP contribution < -0.4 is 0 Å². The van der Waals surface area contributed by atoms with E-state index < -0.39 is 0 Å². The highest BCUT2D eigenvalue weighted by Gasteiger charge is 2.00. The van der Waals surface area contributed by atoms with Crippen LogP contribution in [0.15, 0.2) is 23.4 Å². The van der Waals surface area contributed by atoms with E-state index in [1.807, 2.05) is 0 Å². The first-order valence-corrected chi connectivity index (χ1v) is 4.96. The molecule has 0 unspecified atom stereocenters. The Morgan fingerprint density at radius 2 is 1.69 bits per heavy atom. The Hall–Kier alpha value is -0.720. The smallest absolute Gasteiger partial charge is 0.0194 e. The summed E-state index contributed by atoms with van der Waals surface area (Å²) in [6.07, 6.45) is 4.34. The van der Waals surface area contributed by atoms with Crippen molar-refractivity contribution in [2.24, 2.45) is 5.92 Å². The van der Waals surface area contributed by atoms with Crippen LogP contribution in [-0.4, -0.2) is 18.5 Å². The Balaban J connectivity index is 4.16. The predicted molar refractivity (Wildman–Crippen MR) is 60.7 cm³/mol. The average molecular weight is 181 g/mol. The molecule has 0 fully saturated rings. The summed E-state index contributed by atoms with van der Waals surface area (Å²) in [5.41, 5.74) is 2.67. The van der Waals surface area contributed by atoms with Crippen molar-refractivity contribution in [3.63, 3.8) is 0 Å². The lowest BCUT2D eigenvalue weighted by atomic mass is 10.2. The van der Waals surface area contributed by atoms with Crippen LogP contribution in [0.3, 0.4) is 0 Å². The molecule has 0 rings (SSSR count). The summed E-state index contributed by atoms with van der Waals surface area (Å²) in [6, 6.07) is 0. The zero-order valence-corrected chi connectivity index (χ0v) is 9.89. The normalized spacial score (nSPS) is 11.8. The standard InChI is InChI=1S/C12H23N/c1-10(2)7-8-12(5)13(6)9-11(3)4/h7-8,11H,9H2,1-6H3. The van der Waals surface area contributed by atoms with E-state index in [0.717, 1.165) is 12.5 Å². The van der Waals surface area contributed by atoms with Crippen LogP contribution in [-0.2, 0) is 0 Å². The lowest BCUT2D eigenvalue weighted by Gasteiger charge is -2.21. The minimum absolute atomic E-state index is 0.722. The van der Waals surface area contributed by atoms with Gasteiger partial charge >= 0.3 is 0 Å². The van der Waals surface area contributed by atoms with E-state index >= 15 is 0 Å². The molecular formula is C12H23N. The van der Waals surface area contributed by atoms with Gasteiger partial charge in [0.1, 0.15) is 0 Å². The van der Waals surface area contributed by atoms with Crippen molar-refractivity contribution < 1.29 is 0 Å². The maximum Gasteiger partial charge on any atom is 0.0194 e. The zero-order valence-electron chi connectivity index (χ0n) is 9.89. The molecular weight excluding hydrogens is 158 g/mol. The van der Waals surface area contributed by atoms with Crippen molar-refractivity contribution in [1.82, 2.24) is 4.90 Å². The molecule has 0 aliphatic heterocycles. The fraction of sp³-hybridized carbons (Fsp3) is 0.667. The lowest BCUT2D eigenvalue weighted by Crippen LogP contribution is -2.21. The first-order valence-electron chi connectivity index (χ1n) is 4.96. The summed E-state index contributed by atoms with van der Waals surface area (Å²) in [4.78, 5) is 2.30. The van der Waals surface area contributed by atoms with E-state index in [2.05, 4.69) is 58.7 Å². The number of hydrogen-bond donors (Lipinski definition) is 0. The van der Waals surface area contributed by atoms with E-state index in [1.165, 1.54) is 11.3 Å². The van der Waals surface area contributed by atoms with Gasteiger partial charge in [0.15, 0.2) is 0 Å². The van der Waals surface area contributed by atoms with E-state index in [9.17, 15) is 0 Å². The summed E-state index contributed by atoms with van der Waals surface area (Å²) in [6.45, 7) is 12.0. The van der Waals surface area contributed by atoms with Crippen molar-refractivity contribution in [3.8, 4) is 0 Å². The SMILES string of the molecule is CC(C)=CC=C(C)N(C)CC(C)C. The molecule has 0 bridgehead atoms. The molecule has 0 N–H and O–H groups in total. The van der Waals surface area contributed by atoms with Gasteiger partial charge in [-0.3, -0.25) is 0 Å². The number of nitrogens with zero attached hydrogens (tertiary/aromatic N) is 1. The van der Waals surface area contributed by atoms with E-state index in [4.69, 9.17) is 0 Å². The monoisotopic (exact) mass is 181 g/mol. The molecule has 0 saturated carbocycles. The third-order valence-corrected chi connectivity index (χ3v) is 1.90. The maximum absolute atomic E-state index is 2.30. The second kappa shape index (κ2) is 5.85. The summed E-state index contributed by atoms with van der Waals surface area (Å²) in [5, 5.41) is 0. The third-order valence-electron chi connectivity index (χ3n) is 1.90. The van der Waals surface area contributed by atoms with Crippen LogP contribution in [0.1, 0.15) is 34.6 Å². The minimum Gasteiger partial charge on any atom is -0.378 e. The molecule has 13 heavy (non-hydrogen) atoms. The molecule has 0 radical (unpaired) electrons. The van der Waals surface area contributed by atoms with Gasteiger partial charge in [-0.25, -0.2) is 0 Å². The van der Waals surface area contributed by atoms with Crippen molar-refractivity contribution in [2.45, 2.75) is 34.6 Å². The Morgan fingerprint density at radius 3 is 2.08 bits per heavy atom. The second-order valence-electron chi connectivity index (χ2n) is 4.33.